The highest BCUT2D eigenvalue weighted by atomic mass is 79.9. The number of hydrogen-bond acceptors (Lipinski definition) is 1. The maximum Gasteiger partial charge on any atom is 0.0146 e. The molecule has 0 saturated heterocycles. The molecule has 28 heavy (non-hydrogen) atoms. The quantitative estimate of drug-likeness (QED) is 0.341. The van der Waals surface area contributed by atoms with Crippen molar-refractivity contribution in [2.75, 3.05) is 0 Å². The maximum atomic E-state index is 3.86. The van der Waals surface area contributed by atoms with Crippen LogP contribution in [0, 0.1) is 23.7 Å². The molecule has 2 rings (SSSR count). The Kier molecular flexibility index (Phi) is 14.4. The largest absolute Gasteiger partial charge is 0.311 e. The van der Waals surface area contributed by atoms with Crippen LogP contribution in [0.25, 0.3) is 0 Å². The topological polar surface area (TPSA) is 12.0 Å². The SMILES string of the molecule is CCC(C)C1CCC(Br)CC1.CCCCC(C)C(C)NC(C)C1CCCCC1. The fourth-order valence-corrected chi connectivity index (χ4v) is 5.63. The summed E-state index contributed by atoms with van der Waals surface area (Å²) in [6, 6.07) is 1.40. The highest BCUT2D eigenvalue weighted by molar-refractivity contribution is 9.09. The molecule has 2 aliphatic carbocycles. The standard InChI is InChI=1S/C16H33N.C10H19Br/c1-5-6-10-13(2)14(3)17-15(4)16-11-8-7-9-12-16;1-3-8(2)9-4-6-10(11)7-5-9/h13-17H,5-12H2,1-4H3;8-10H,3-7H2,1-2H3. The summed E-state index contributed by atoms with van der Waals surface area (Å²) in [7, 11) is 0. The van der Waals surface area contributed by atoms with E-state index in [-0.39, 0.29) is 0 Å². The number of rotatable bonds is 9. The zero-order valence-electron chi connectivity index (χ0n) is 20.1. The van der Waals surface area contributed by atoms with Crippen molar-refractivity contribution in [1.82, 2.24) is 5.32 Å². The zero-order valence-corrected chi connectivity index (χ0v) is 21.7. The summed E-state index contributed by atoms with van der Waals surface area (Å²) in [5.41, 5.74) is 0. The molecule has 0 aromatic rings. The third-order valence-electron chi connectivity index (χ3n) is 7.90. The number of nitrogens with one attached hydrogen (secondary N) is 1. The molecule has 2 heteroatoms. The van der Waals surface area contributed by atoms with Crippen LogP contribution in [0.5, 0.6) is 0 Å². The van der Waals surface area contributed by atoms with Crippen molar-refractivity contribution in [2.24, 2.45) is 23.7 Å². The Morgan fingerprint density at radius 2 is 1.43 bits per heavy atom. The first kappa shape index (κ1) is 26.5. The monoisotopic (exact) mass is 457 g/mol. The molecule has 0 aromatic carbocycles. The fourth-order valence-electron chi connectivity index (χ4n) is 5.11. The minimum absolute atomic E-state index is 0.679. The number of unbranched alkanes of at least 4 members (excludes halogenated alkanes) is 1. The van der Waals surface area contributed by atoms with Crippen molar-refractivity contribution < 1.29 is 0 Å². The van der Waals surface area contributed by atoms with E-state index in [4.69, 9.17) is 0 Å². The van der Waals surface area contributed by atoms with E-state index >= 15 is 0 Å². The second kappa shape index (κ2) is 15.3. The van der Waals surface area contributed by atoms with Gasteiger partial charge in [0.25, 0.3) is 0 Å². The minimum atomic E-state index is 0.679. The van der Waals surface area contributed by atoms with Crippen LogP contribution in [0.3, 0.4) is 0 Å². The Labute approximate surface area is 186 Å². The van der Waals surface area contributed by atoms with Gasteiger partial charge in [-0.2, -0.15) is 0 Å². The number of halogens is 1. The number of alkyl halides is 1. The fraction of sp³-hybridized carbons (Fsp3) is 1.00. The van der Waals surface area contributed by atoms with Gasteiger partial charge < -0.3 is 5.32 Å². The Morgan fingerprint density at radius 1 is 0.821 bits per heavy atom. The second-order valence-corrected chi connectivity index (χ2v) is 11.5. The summed E-state index contributed by atoms with van der Waals surface area (Å²) in [6.45, 7) is 14.2. The smallest absolute Gasteiger partial charge is 0.0146 e. The molecule has 0 heterocycles. The van der Waals surface area contributed by atoms with E-state index in [1.165, 1.54) is 83.5 Å². The Bertz CT molecular complexity index is 357. The van der Waals surface area contributed by atoms with Gasteiger partial charge >= 0.3 is 0 Å². The van der Waals surface area contributed by atoms with Gasteiger partial charge in [-0.25, -0.2) is 0 Å². The average Bonchev–Trinajstić information content (AvgIpc) is 2.72. The Hall–Kier alpha value is 0.440. The van der Waals surface area contributed by atoms with Crippen LogP contribution in [0.4, 0.5) is 0 Å². The molecule has 0 radical (unpaired) electrons. The lowest BCUT2D eigenvalue weighted by Gasteiger charge is -2.32. The second-order valence-electron chi connectivity index (χ2n) is 10.2. The molecule has 0 amide bonds. The molecule has 0 aromatic heterocycles. The molecule has 0 spiro atoms. The molecule has 4 unspecified atom stereocenters. The third kappa shape index (κ3) is 10.5. The summed E-state index contributed by atoms with van der Waals surface area (Å²) in [6.07, 6.45) is 18.4. The van der Waals surface area contributed by atoms with E-state index in [1.807, 2.05) is 0 Å². The van der Waals surface area contributed by atoms with Crippen molar-refractivity contribution in [2.45, 2.75) is 142 Å². The van der Waals surface area contributed by atoms with E-state index in [9.17, 15) is 0 Å². The van der Waals surface area contributed by atoms with Gasteiger partial charge in [0.05, 0.1) is 0 Å². The third-order valence-corrected chi connectivity index (χ3v) is 8.82. The summed E-state index contributed by atoms with van der Waals surface area (Å²) in [4.78, 5) is 0.822. The molecule has 168 valence electrons. The van der Waals surface area contributed by atoms with Crippen molar-refractivity contribution >= 4 is 15.9 Å². The predicted octanol–water partition coefficient (Wildman–Crippen LogP) is 8.75. The van der Waals surface area contributed by atoms with E-state index in [2.05, 4.69) is 62.8 Å². The normalized spacial score (nSPS) is 28.0. The first-order valence-electron chi connectivity index (χ1n) is 12.8. The molecule has 2 fully saturated rings. The van der Waals surface area contributed by atoms with Gasteiger partial charge in [-0.15, -0.1) is 0 Å². The molecule has 4 atom stereocenters. The minimum Gasteiger partial charge on any atom is -0.311 e. The molecular weight excluding hydrogens is 406 g/mol. The van der Waals surface area contributed by atoms with Crippen LogP contribution < -0.4 is 5.32 Å². The lowest BCUT2D eigenvalue weighted by Crippen LogP contribution is -2.43. The molecule has 0 aliphatic heterocycles. The van der Waals surface area contributed by atoms with Gasteiger partial charge in [-0.1, -0.05) is 82.1 Å². The Balaban J connectivity index is 0.000000307. The summed E-state index contributed by atoms with van der Waals surface area (Å²) in [5, 5.41) is 3.86. The van der Waals surface area contributed by atoms with Crippen LogP contribution in [-0.4, -0.2) is 16.9 Å². The average molecular weight is 459 g/mol. The summed E-state index contributed by atoms with van der Waals surface area (Å²) < 4.78 is 0. The summed E-state index contributed by atoms with van der Waals surface area (Å²) >= 11 is 3.69. The molecule has 0 bridgehead atoms. The van der Waals surface area contributed by atoms with Crippen molar-refractivity contribution in [3.63, 3.8) is 0 Å². The van der Waals surface area contributed by atoms with Gasteiger partial charge in [0.2, 0.25) is 0 Å². The highest BCUT2D eigenvalue weighted by Gasteiger charge is 2.23. The lowest BCUT2D eigenvalue weighted by molar-refractivity contribution is 0.243. The molecular formula is C26H52BrN. The molecule has 2 saturated carbocycles. The van der Waals surface area contributed by atoms with E-state index in [1.54, 1.807) is 0 Å². The van der Waals surface area contributed by atoms with Gasteiger partial charge in [0.1, 0.15) is 0 Å². The summed E-state index contributed by atoms with van der Waals surface area (Å²) in [5.74, 6) is 3.73. The zero-order chi connectivity index (χ0) is 20.9. The molecule has 1 N–H and O–H groups in total. The highest BCUT2D eigenvalue weighted by Crippen LogP contribution is 2.34. The lowest BCUT2D eigenvalue weighted by atomic mass is 9.80. The van der Waals surface area contributed by atoms with E-state index in [0.29, 0.717) is 6.04 Å². The van der Waals surface area contributed by atoms with Crippen LogP contribution in [0.1, 0.15) is 125 Å². The van der Waals surface area contributed by atoms with E-state index in [0.717, 1.165) is 34.5 Å². The van der Waals surface area contributed by atoms with Crippen LogP contribution in [0.15, 0.2) is 0 Å². The van der Waals surface area contributed by atoms with Crippen LogP contribution in [0.2, 0.25) is 0 Å². The van der Waals surface area contributed by atoms with Crippen LogP contribution >= 0.6 is 15.9 Å². The molecule has 2 aliphatic rings. The van der Waals surface area contributed by atoms with Crippen molar-refractivity contribution in [3.8, 4) is 0 Å². The first-order chi connectivity index (χ1) is 13.4. The van der Waals surface area contributed by atoms with Gasteiger partial charge in [-0.05, 0) is 82.5 Å². The van der Waals surface area contributed by atoms with Gasteiger partial charge in [0.15, 0.2) is 0 Å². The maximum absolute atomic E-state index is 3.86. The van der Waals surface area contributed by atoms with Gasteiger partial charge in [0, 0.05) is 16.9 Å². The van der Waals surface area contributed by atoms with Crippen LogP contribution in [-0.2, 0) is 0 Å². The first-order valence-corrected chi connectivity index (χ1v) is 13.7. The number of hydrogen-bond donors (Lipinski definition) is 1. The van der Waals surface area contributed by atoms with Crippen molar-refractivity contribution in [1.29, 1.82) is 0 Å². The molecule has 1 nitrogen and oxygen atoms in total. The van der Waals surface area contributed by atoms with Gasteiger partial charge in [-0.3, -0.25) is 0 Å². The predicted molar refractivity (Wildman–Crippen MR) is 131 cm³/mol. The Morgan fingerprint density at radius 3 is 1.96 bits per heavy atom. The van der Waals surface area contributed by atoms with Crippen molar-refractivity contribution in [3.05, 3.63) is 0 Å². The van der Waals surface area contributed by atoms with E-state index < -0.39 is 0 Å².